The molecule has 0 aliphatic carbocycles. The van der Waals surface area contributed by atoms with E-state index in [0.717, 1.165) is 36.9 Å². The van der Waals surface area contributed by atoms with Gasteiger partial charge in [0.1, 0.15) is 0 Å². The number of benzene rings is 1. The molecule has 1 aromatic heterocycles. The average Bonchev–Trinajstić information content (AvgIpc) is 2.57. The van der Waals surface area contributed by atoms with Crippen molar-refractivity contribution in [3.63, 3.8) is 0 Å². The predicted octanol–water partition coefficient (Wildman–Crippen LogP) is 3.01. The first kappa shape index (κ1) is 16.9. The number of nitrogens with one attached hydrogen (secondary N) is 1. The Morgan fingerprint density at radius 3 is 2.62 bits per heavy atom. The van der Waals surface area contributed by atoms with Crippen molar-refractivity contribution in [1.82, 2.24) is 14.9 Å². The molecule has 1 fully saturated rings. The van der Waals surface area contributed by atoms with E-state index in [1.165, 1.54) is 18.0 Å². The highest BCUT2D eigenvalue weighted by Gasteiger charge is 2.20. The van der Waals surface area contributed by atoms with E-state index in [9.17, 15) is 4.79 Å². The van der Waals surface area contributed by atoms with E-state index in [2.05, 4.69) is 54.3 Å². The molecule has 0 amide bonds. The summed E-state index contributed by atoms with van der Waals surface area (Å²) in [5, 5.41) is 12.1. The Hall–Kier alpha value is -1.99. The molecule has 2 aromatic rings. The molecule has 24 heavy (non-hydrogen) atoms. The second-order valence-corrected chi connectivity index (χ2v) is 6.84. The van der Waals surface area contributed by atoms with Crippen LogP contribution in [-0.2, 0) is 6.54 Å². The number of anilines is 1. The van der Waals surface area contributed by atoms with Crippen molar-refractivity contribution in [2.75, 3.05) is 18.4 Å². The Bertz CT molecular complexity index is 700. The van der Waals surface area contributed by atoms with Gasteiger partial charge in [-0.1, -0.05) is 28.1 Å². The molecule has 1 aromatic carbocycles. The third kappa shape index (κ3) is 4.52. The van der Waals surface area contributed by atoms with Crippen LogP contribution in [0, 0.1) is 0 Å². The number of halogens is 1. The Kier molecular flexibility index (Phi) is 5.42. The summed E-state index contributed by atoms with van der Waals surface area (Å²) in [6.07, 6.45) is 4.69. The minimum atomic E-state index is -1.01. The van der Waals surface area contributed by atoms with Gasteiger partial charge in [-0.2, -0.15) is 0 Å². The van der Waals surface area contributed by atoms with Crippen molar-refractivity contribution in [2.24, 2.45) is 0 Å². The number of rotatable bonds is 5. The highest BCUT2D eigenvalue weighted by Crippen LogP contribution is 2.18. The van der Waals surface area contributed by atoms with Gasteiger partial charge in [0.05, 0.1) is 5.56 Å². The second kappa shape index (κ2) is 7.72. The highest BCUT2D eigenvalue weighted by atomic mass is 79.9. The lowest BCUT2D eigenvalue weighted by atomic mass is 10.0. The van der Waals surface area contributed by atoms with Gasteiger partial charge in [0.2, 0.25) is 5.95 Å². The Labute approximate surface area is 149 Å². The maximum Gasteiger partial charge on any atom is 0.338 e. The van der Waals surface area contributed by atoms with Crippen molar-refractivity contribution in [3.05, 3.63) is 52.3 Å². The van der Waals surface area contributed by atoms with Gasteiger partial charge in [0, 0.05) is 42.5 Å². The van der Waals surface area contributed by atoms with Gasteiger partial charge < -0.3 is 10.4 Å². The fourth-order valence-corrected chi connectivity index (χ4v) is 3.27. The van der Waals surface area contributed by atoms with Crippen LogP contribution in [0.5, 0.6) is 0 Å². The molecular formula is C17H19BrN4O2. The van der Waals surface area contributed by atoms with Crippen LogP contribution in [-0.4, -0.2) is 45.1 Å². The second-order valence-electron chi connectivity index (χ2n) is 5.93. The molecule has 0 saturated carbocycles. The van der Waals surface area contributed by atoms with Gasteiger partial charge in [-0.3, -0.25) is 4.90 Å². The lowest BCUT2D eigenvalue weighted by Crippen LogP contribution is -2.39. The average molecular weight is 391 g/mol. The minimum absolute atomic E-state index is 0.101. The van der Waals surface area contributed by atoms with Crippen LogP contribution in [0.3, 0.4) is 0 Å². The SMILES string of the molecule is O=C(O)c1cnc(NC2CCN(Cc3cccc(Br)c3)CC2)nc1. The predicted molar refractivity (Wildman–Crippen MR) is 95.1 cm³/mol. The number of hydrogen-bond acceptors (Lipinski definition) is 5. The van der Waals surface area contributed by atoms with Crippen molar-refractivity contribution >= 4 is 27.8 Å². The number of likely N-dealkylation sites (tertiary alicyclic amines) is 1. The molecule has 3 rings (SSSR count). The van der Waals surface area contributed by atoms with Crippen LogP contribution in [0.1, 0.15) is 28.8 Å². The van der Waals surface area contributed by atoms with E-state index in [1.807, 2.05) is 6.07 Å². The highest BCUT2D eigenvalue weighted by molar-refractivity contribution is 9.10. The first-order chi connectivity index (χ1) is 11.6. The molecule has 1 aliphatic heterocycles. The topological polar surface area (TPSA) is 78.3 Å². The quantitative estimate of drug-likeness (QED) is 0.816. The van der Waals surface area contributed by atoms with E-state index in [4.69, 9.17) is 5.11 Å². The van der Waals surface area contributed by atoms with E-state index >= 15 is 0 Å². The summed E-state index contributed by atoms with van der Waals surface area (Å²) in [6, 6.07) is 8.72. The van der Waals surface area contributed by atoms with Gasteiger partial charge in [-0.15, -0.1) is 0 Å². The summed E-state index contributed by atoms with van der Waals surface area (Å²) in [7, 11) is 0. The Morgan fingerprint density at radius 1 is 1.29 bits per heavy atom. The van der Waals surface area contributed by atoms with Crippen LogP contribution in [0.15, 0.2) is 41.1 Å². The van der Waals surface area contributed by atoms with Gasteiger partial charge in [-0.05, 0) is 30.5 Å². The van der Waals surface area contributed by atoms with Crippen LogP contribution in [0.25, 0.3) is 0 Å². The summed E-state index contributed by atoms with van der Waals surface area (Å²) in [5.74, 6) is -0.521. The molecule has 2 heterocycles. The minimum Gasteiger partial charge on any atom is -0.478 e. The zero-order valence-electron chi connectivity index (χ0n) is 13.2. The number of piperidine rings is 1. The zero-order chi connectivity index (χ0) is 16.9. The molecular weight excluding hydrogens is 372 g/mol. The number of carboxylic acid groups (broad SMARTS) is 1. The van der Waals surface area contributed by atoms with Crippen LogP contribution < -0.4 is 5.32 Å². The molecule has 1 saturated heterocycles. The summed E-state index contributed by atoms with van der Waals surface area (Å²) in [5.41, 5.74) is 1.41. The third-order valence-corrected chi connectivity index (χ3v) is 4.61. The van der Waals surface area contributed by atoms with Crippen molar-refractivity contribution in [2.45, 2.75) is 25.4 Å². The maximum absolute atomic E-state index is 10.8. The molecule has 1 aliphatic rings. The summed E-state index contributed by atoms with van der Waals surface area (Å²) in [6.45, 7) is 2.98. The van der Waals surface area contributed by atoms with Crippen LogP contribution >= 0.6 is 15.9 Å². The molecule has 0 bridgehead atoms. The van der Waals surface area contributed by atoms with Crippen LogP contribution in [0.4, 0.5) is 5.95 Å². The van der Waals surface area contributed by atoms with Crippen molar-refractivity contribution in [1.29, 1.82) is 0 Å². The molecule has 0 atom stereocenters. The summed E-state index contributed by atoms with van der Waals surface area (Å²) < 4.78 is 1.11. The molecule has 0 unspecified atom stereocenters. The van der Waals surface area contributed by atoms with Crippen molar-refractivity contribution < 1.29 is 9.90 Å². The molecule has 0 spiro atoms. The first-order valence-electron chi connectivity index (χ1n) is 7.89. The Morgan fingerprint density at radius 2 is 2.00 bits per heavy atom. The number of aromatic carboxylic acids is 1. The van der Waals surface area contributed by atoms with E-state index in [0.29, 0.717) is 12.0 Å². The normalized spacial score (nSPS) is 16.0. The lowest BCUT2D eigenvalue weighted by Gasteiger charge is -2.32. The lowest BCUT2D eigenvalue weighted by molar-refractivity contribution is 0.0696. The standard InChI is InChI=1S/C17H19BrN4O2/c18-14-3-1-2-12(8-14)11-22-6-4-15(5-7-22)21-17-19-9-13(10-20-17)16(23)24/h1-3,8-10,15H,4-7,11H2,(H,23,24)(H,19,20,21). The van der Waals surface area contributed by atoms with E-state index in [-0.39, 0.29) is 5.56 Å². The largest absolute Gasteiger partial charge is 0.478 e. The number of carboxylic acids is 1. The molecule has 0 radical (unpaired) electrons. The fourth-order valence-electron chi connectivity index (χ4n) is 2.82. The van der Waals surface area contributed by atoms with Crippen LogP contribution in [0.2, 0.25) is 0 Å². The third-order valence-electron chi connectivity index (χ3n) is 4.11. The summed E-state index contributed by atoms with van der Waals surface area (Å²) >= 11 is 3.51. The fraction of sp³-hybridized carbons (Fsp3) is 0.353. The summed E-state index contributed by atoms with van der Waals surface area (Å²) in [4.78, 5) is 21.4. The molecule has 2 N–H and O–H groups in total. The number of hydrogen-bond donors (Lipinski definition) is 2. The number of carbonyl (C=O) groups is 1. The smallest absolute Gasteiger partial charge is 0.338 e. The first-order valence-corrected chi connectivity index (χ1v) is 8.68. The van der Waals surface area contributed by atoms with E-state index in [1.54, 1.807) is 0 Å². The van der Waals surface area contributed by atoms with Gasteiger partial charge >= 0.3 is 5.97 Å². The Balaban J connectivity index is 1.49. The molecule has 6 nitrogen and oxygen atoms in total. The molecule has 7 heteroatoms. The number of aromatic nitrogens is 2. The van der Waals surface area contributed by atoms with Gasteiger partial charge in [0.15, 0.2) is 0 Å². The van der Waals surface area contributed by atoms with Crippen molar-refractivity contribution in [3.8, 4) is 0 Å². The van der Waals surface area contributed by atoms with E-state index < -0.39 is 5.97 Å². The molecule has 126 valence electrons. The van der Waals surface area contributed by atoms with Gasteiger partial charge in [0.25, 0.3) is 0 Å². The zero-order valence-corrected chi connectivity index (χ0v) is 14.7. The number of nitrogens with zero attached hydrogens (tertiary/aromatic N) is 3. The maximum atomic E-state index is 10.8. The monoisotopic (exact) mass is 390 g/mol. The van der Waals surface area contributed by atoms with Gasteiger partial charge in [-0.25, -0.2) is 14.8 Å².